The van der Waals surface area contributed by atoms with Crippen LogP contribution in [0, 0.1) is 11.3 Å². The summed E-state index contributed by atoms with van der Waals surface area (Å²) in [5.41, 5.74) is 2.37. The number of pyridine rings is 1. The zero-order chi connectivity index (χ0) is 31.1. The van der Waals surface area contributed by atoms with Gasteiger partial charge in [-0.15, -0.1) is 11.3 Å². The molecule has 1 aliphatic rings. The van der Waals surface area contributed by atoms with Crippen molar-refractivity contribution < 1.29 is 23.9 Å². The van der Waals surface area contributed by atoms with Gasteiger partial charge in [0.05, 0.1) is 12.7 Å². The summed E-state index contributed by atoms with van der Waals surface area (Å²) in [7, 11) is 2.84. The molecule has 224 valence electrons. The Kier molecular flexibility index (Phi) is 8.29. The van der Waals surface area contributed by atoms with Crippen LogP contribution in [0.4, 0.5) is 5.00 Å². The molecule has 0 aliphatic heterocycles. The quantitative estimate of drug-likeness (QED) is 0.257. The van der Waals surface area contributed by atoms with Gasteiger partial charge in [0.2, 0.25) is 0 Å². The maximum absolute atomic E-state index is 13.7. The molecule has 43 heavy (non-hydrogen) atoms. The number of anilines is 1. The van der Waals surface area contributed by atoms with Crippen LogP contribution in [-0.4, -0.2) is 35.6 Å². The molecule has 0 radical (unpaired) electrons. The van der Waals surface area contributed by atoms with Crippen molar-refractivity contribution in [1.82, 2.24) is 4.57 Å². The number of carbonyl (C=O) groups is 3. The number of ether oxygens (including phenoxy) is 2. The molecule has 0 spiro atoms. The lowest BCUT2D eigenvalue weighted by Gasteiger charge is -2.33. The number of methoxy groups -OCH3 is 1. The van der Waals surface area contributed by atoms with Crippen molar-refractivity contribution in [3.63, 3.8) is 0 Å². The number of rotatable bonds is 6. The lowest BCUT2D eigenvalue weighted by molar-refractivity contribution is -0.123. The second kappa shape index (κ2) is 11.8. The van der Waals surface area contributed by atoms with Gasteiger partial charge < -0.3 is 19.4 Å². The Labute approximate surface area is 254 Å². The normalized spacial score (nSPS) is 15.4. The molecule has 1 amide bonds. The van der Waals surface area contributed by atoms with Gasteiger partial charge in [-0.3, -0.25) is 9.59 Å². The van der Waals surface area contributed by atoms with E-state index in [2.05, 4.69) is 26.1 Å². The van der Waals surface area contributed by atoms with Crippen molar-refractivity contribution in [3.05, 3.63) is 86.6 Å². The molecule has 1 aliphatic carbocycles. The van der Waals surface area contributed by atoms with E-state index in [9.17, 15) is 19.2 Å². The van der Waals surface area contributed by atoms with Gasteiger partial charge in [-0.1, -0.05) is 69.3 Å². The van der Waals surface area contributed by atoms with Crippen LogP contribution in [-0.2, 0) is 34.2 Å². The van der Waals surface area contributed by atoms with E-state index in [-0.39, 0.29) is 16.7 Å². The summed E-state index contributed by atoms with van der Waals surface area (Å²) in [6, 6.07) is 16.4. The Balaban J connectivity index is 1.45. The fourth-order valence-electron chi connectivity index (χ4n) is 5.82. The van der Waals surface area contributed by atoms with E-state index >= 15 is 0 Å². The molecule has 2 atom stereocenters. The highest BCUT2D eigenvalue weighted by Gasteiger charge is 2.35. The first-order chi connectivity index (χ1) is 20.4. The van der Waals surface area contributed by atoms with Crippen LogP contribution in [0.3, 0.4) is 0 Å². The summed E-state index contributed by atoms with van der Waals surface area (Å²) in [5.74, 6) is -1.46. The summed E-state index contributed by atoms with van der Waals surface area (Å²) in [5, 5.41) is 4.30. The van der Waals surface area contributed by atoms with Crippen LogP contribution >= 0.6 is 11.3 Å². The maximum Gasteiger partial charge on any atom is 0.356 e. The number of fused-ring (bicyclic) bond motifs is 2. The first kappa shape index (κ1) is 30.2. The van der Waals surface area contributed by atoms with Crippen molar-refractivity contribution in [2.24, 2.45) is 18.4 Å². The number of nitrogens with one attached hydrogen (secondary N) is 1. The Bertz CT molecular complexity index is 1780. The molecule has 5 rings (SSSR count). The van der Waals surface area contributed by atoms with Gasteiger partial charge in [0, 0.05) is 22.9 Å². The first-order valence-corrected chi connectivity index (χ1v) is 15.2. The number of benzene rings is 2. The minimum absolute atomic E-state index is 0.0459. The van der Waals surface area contributed by atoms with Crippen LogP contribution < -0.4 is 10.9 Å². The number of hydrogen-bond donors (Lipinski definition) is 1. The van der Waals surface area contributed by atoms with E-state index in [1.54, 1.807) is 18.2 Å². The predicted octanol–water partition coefficient (Wildman–Crippen LogP) is 6.39. The van der Waals surface area contributed by atoms with Gasteiger partial charge in [-0.05, 0) is 60.1 Å². The third-order valence-corrected chi connectivity index (χ3v) is 9.50. The topological polar surface area (TPSA) is 104 Å². The summed E-state index contributed by atoms with van der Waals surface area (Å²) in [4.78, 5) is 54.2. The molecule has 2 heterocycles. The molecular weight excluding hydrogens is 564 g/mol. The van der Waals surface area contributed by atoms with Gasteiger partial charge in [0.1, 0.15) is 10.7 Å². The number of aromatic nitrogens is 1. The van der Waals surface area contributed by atoms with Crippen molar-refractivity contribution in [1.29, 1.82) is 0 Å². The highest BCUT2D eigenvalue weighted by Crippen LogP contribution is 2.44. The fourth-order valence-corrected chi connectivity index (χ4v) is 7.13. The molecule has 0 fully saturated rings. The highest BCUT2D eigenvalue weighted by atomic mass is 32.1. The van der Waals surface area contributed by atoms with Gasteiger partial charge in [-0.2, -0.15) is 0 Å². The summed E-state index contributed by atoms with van der Waals surface area (Å²) >= 11 is 1.37. The Morgan fingerprint density at radius 3 is 2.30 bits per heavy atom. The molecule has 2 unspecified atom stereocenters. The van der Waals surface area contributed by atoms with Crippen LogP contribution in [0.5, 0.6) is 0 Å². The average Bonchev–Trinajstić information content (AvgIpc) is 3.35. The number of esters is 2. The third kappa shape index (κ3) is 5.73. The van der Waals surface area contributed by atoms with Crippen molar-refractivity contribution in [3.8, 4) is 11.1 Å². The lowest BCUT2D eigenvalue weighted by Crippen LogP contribution is -2.33. The van der Waals surface area contributed by atoms with E-state index in [1.807, 2.05) is 36.4 Å². The standard InChI is InChI=1S/C34H36N2O6S/c1-19(29(37)35-30-27(32(39)41-6)24-17-16-21(34(2,3)4)18-25(24)43-30)42-33(40)28-26(20-12-8-7-9-13-20)22-14-10-11-15-23(22)31(38)36(28)5/h7-15,19,21H,16-18H2,1-6H3,(H,35,37). The second-order valence-electron chi connectivity index (χ2n) is 12.0. The number of thiophene rings is 1. The number of amides is 1. The lowest BCUT2D eigenvalue weighted by atomic mass is 9.72. The zero-order valence-corrected chi connectivity index (χ0v) is 26.1. The molecule has 2 aromatic heterocycles. The first-order valence-electron chi connectivity index (χ1n) is 14.3. The fraction of sp³-hybridized carbons (Fsp3) is 0.353. The molecule has 9 heteroatoms. The molecule has 0 saturated carbocycles. The van der Waals surface area contributed by atoms with Crippen LogP contribution in [0.25, 0.3) is 21.9 Å². The molecule has 1 N–H and O–H groups in total. The molecule has 8 nitrogen and oxygen atoms in total. The van der Waals surface area contributed by atoms with E-state index in [0.717, 1.165) is 35.3 Å². The minimum Gasteiger partial charge on any atom is -0.465 e. The van der Waals surface area contributed by atoms with Crippen molar-refractivity contribution in [2.45, 2.75) is 53.1 Å². The Morgan fingerprint density at radius 2 is 1.65 bits per heavy atom. The summed E-state index contributed by atoms with van der Waals surface area (Å²) < 4.78 is 12.0. The third-order valence-electron chi connectivity index (χ3n) is 8.33. The van der Waals surface area contributed by atoms with Crippen molar-refractivity contribution >= 4 is 45.0 Å². The largest absolute Gasteiger partial charge is 0.465 e. The predicted molar refractivity (Wildman–Crippen MR) is 169 cm³/mol. The maximum atomic E-state index is 13.7. The number of nitrogens with zero attached hydrogens (tertiary/aromatic N) is 1. The van der Waals surface area contributed by atoms with Crippen LogP contribution in [0.2, 0.25) is 0 Å². The van der Waals surface area contributed by atoms with Gasteiger partial charge in [0.15, 0.2) is 6.10 Å². The zero-order valence-electron chi connectivity index (χ0n) is 25.3. The van der Waals surface area contributed by atoms with E-state index in [1.165, 1.54) is 37.0 Å². The van der Waals surface area contributed by atoms with E-state index < -0.39 is 23.9 Å². The monoisotopic (exact) mass is 600 g/mol. The molecular formula is C34H36N2O6S. The van der Waals surface area contributed by atoms with Gasteiger partial charge in [-0.25, -0.2) is 9.59 Å². The number of hydrogen-bond acceptors (Lipinski definition) is 7. The number of carbonyl (C=O) groups excluding carboxylic acids is 3. The summed E-state index contributed by atoms with van der Waals surface area (Å²) in [6.07, 6.45) is 1.25. The second-order valence-corrected chi connectivity index (χ2v) is 13.1. The van der Waals surface area contributed by atoms with E-state index in [0.29, 0.717) is 32.8 Å². The molecule has 0 bridgehead atoms. The Morgan fingerprint density at radius 1 is 1.00 bits per heavy atom. The van der Waals surface area contributed by atoms with E-state index in [4.69, 9.17) is 9.47 Å². The molecule has 4 aromatic rings. The molecule has 2 aromatic carbocycles. The van der Waals surface area contributed by atoms with Crippen LogP contribution in [0.15, 0.2) is 59.4 Å². The summed E-state index contributed by atoms with van der Waals surface area (Å²) in [6.45, 7) is 8.11. The van der Waals surface area contributed by atoms with Crippen molar-refractivity contribution in [2.75, 3.05) is 12.4 Å². The van der Waals surface area contributed by atoms with Gasteiger partial charge in [0.25, 0.3) is 11.5 Å². The Hall–Kier alpha value is -4.24. The van der Waals surface area contributed by atoms with Crippen LogP contribution in [0.1, 0.15) is 65.4 Å². The van der Waals surface area contributed by atoms with Gasteiger partial charge >= 0.3 is 11.9 Å². The minimum atomic E-state index is -1.22. The molecule has 0 saturated heterocycles. The average molecular weight is 601 g/mol. The highest BCUT2D eigenvalue weighted by molar-refractivity contribution is 7.17. The SMILES string of the molecule is COC(=O)c1c(NC(=O)C(C)OC(=O)c2c(-c3ccccc3)c3ccccc3c(=O)n2C)sc2c1CCC(C(C)(C)C)C2. The smallest absolute Gasteiger partial charge is 0.356 e.